The molecule has 0 aliphatic rings. The van der Waals surface area contributed by atoms with Crippen LogP contribution in [-0.2, 0) is 6.42 Å². The SMILES string of the molecule is CCc1nc(NC)cc(Sc2nc3ccccc3o2)n1. The second-order valence-corrected chi connectivity index (χ2v) is 5.13. The third-order valence-corrected chi connectivity index (χ3v) is 3.55. The minimum absolute atomic E-state index is 0.592. The third-order valence-electron chi connectivity index (χ3n) is 2.79. The molecular formula is C14H14N4OS. The van der Waals surface area contributed by atoms with Crippen LogP contribution < -0.4 is 5.32 Å². The molecule has 3 aromatic rings. The van der Waals surface area contributed by atoms with Crippen LogP contribution in [0.2, 0.25) is 0 Å². The van der Waals surface area contributed by atoms with Crippen molar-refractivity contribution in [2.45, 2.75) is 23.6 Å². The van der Waals surface area contributed by atoms with E-state index in [1.54, 1.807) is 0 Å². The molecule has 1 N–H and O–H groups in total. The summed E-state index contributed by atoms with van der Waals surface area (Å²) in [5.74, 6) is 1.60. The molecule has 3 rings (SSSR count). The number of hydrogen-bond acceptors (Lipinski definition) is 6. The topological polar surface area (TPSA) is 63.8 Å². The molecule has 20 heavy (non-hydrogen) atoms. The molecule has 0 radical (unpaired) electrons. The standard InChI is InChI=1S/C14H14N4OS/c1-3-11-17-12(15-2)8-13(18-11)20-14-16-9-6-4-5-7-10(9)19-14/h4-8H,3H2,1-2H3,(H,15,17,18). The predicted octanol–water partition coefficient (Wildman–Crippen LogP) is 3.37. The van der Waals surface area contributed by atoms with Crippen LogP contribution in [0, 0.1) is 0 Å². The zero-order valence-corrected chi connectivity index (χ0v) is 12.1. The number of nitrogens with zero attached hydrogens (tertiary/aromatic N) is 3. The van der Waals surface area contributed by atoms with Crippen LogP contribution in [0.1, 0.15) is 12.7 Å². The number of rotatable bonds is 4. The van der Waals surface area contributed by atoms with Gasteiger partial charge in [-0.05, 0) is 23.9 Å². The molecule has 6 heteroatoms. The maximum Gasteiger partial charge on any atom is 0.263 e. The molecule has 0 aliphatic carbocycles. The summed E-state index contributed by atoms with van der Waals surface area (Å²) in [7, 11) is 1.84. The number of anilines is 1. The Bertz CT molecular complexity index is 686. The number of aromatic nitrogens is 3. The summed E-state index contributed by atoms with van der Waals surface area (Å²) in [4.78, 5) is 13.3. The van der Waals surface area contributed by atoms with Gasteiger partial charge in [0.05, 0.1) is 0 Å². The van der Waals surface area contributed by atoms with Gasteiger partial charge in [0.2, 0.25) is 0 Å². The number of aryl methyl sites for hydroxylation is 1. The van der Waals surface area contributed by atoms with Crippen molar-refractivity contribution in [2.75, 3.05) is 12.4 Å². The summed E-state index contributed by atoms with van der Waals surface area (Å²) >= 11 is 1.40. The first-order chi connectivity index (χ1) is 9.78. The molecule has 0 fully saturated rings. The van der Waals surface area contributed by atoms with Crippen molar-refractivity contribution in [1.29, 1.82) is 0 Å². The summed E-state index contributed by atoms with van der Waals surface area (Å²) in [6, 6.07) is 9.60. The number of fused-ring (bicyclic) bond motifs is 1. The Labute approximate surface area is 120 Å². The van der Waals surface area contributed by atoms with Gasteiger partial charge in [-0.2, -0.15) is 0 Å². The highest BCUT2D eigenvalue weighted by Gasteiger charge is 2.10. The number of para-hydroxylation sites is 2. The van der Waals surface area contributed by atoms with Crippen LogP contribution >= 0.6 is 11.8 Å². The quantitative estimate of drug-likeness (QED) is 0.742. The van der Waals surface area contributed by atoms with Gasteiger partial charge in [0, 0.05) is 19.5 Å². The van der Waals surface area contributed by atoms with Crippen molar-refractivity contribution in [1.82, 2.24) is 15.0 Å². The summed E-state index contributed by atoms with van der Waals surface area (Å²) < 4.78 is 5.69. The Hall–Kier alpha value is -2.08. The lowest BCUT2D eigenvalue weighted by Crippen LogP contribution is -2.00. The second kappa shape index (κ2) is 5.50. The average Bonchev–Trinajstić information content (AvgIpc) is 2.88. The molecule has 0 saturated carbocycles. The van der Waals surface area contributed by atoms with E-state index in [1.807, 2.05) is 44.3 Å². The van der Waals surface area contributed by atoms with Crippen molar-refractivity contribution in [2.24, 2.45) is 0 Å². The molecule has 0 saturated heterocycles. The highest BCUT2D eigenvalue weighted by atomic mass is 32.2. The molecule has 0 amide bonds. The van der Waals surface area contributed by atoms with Gasteiger partial charge < -0.3 is 9.73 Å². The van der Waals surface area contributed by atoms with Gasteiger partial charge in [-0.25, -0.2) is 15.0 Å². The molecule has 102 valence electrons. The molecular weight excluding hydrogens is 272 g/mol. The molecule has 5 nitrogen and oxygen atoms in total. The van der Waals surface area contributed by atoms with Gasteiger partial charge in [-0.15, -0.1) is 0 Å². The lowest BCUT2D eigenvalue weighted by Gasteiger charge is -2.04. The Balaban J connectivity index is 1.93. The van der Waals surface area contributed by atoms with Crippen LogP contribution in [0.4, 0.5) is 5.82 Å². The Morgan fingerprint density at radius 3 is 2.80 bits per heavy atom. The fourth-order valence-electron chi connectivity index (χ4n) is 1.80. The van der Waals surface area contributed by atoms with E-state index in [-0.39, 0.29) is 0 Å². The zero-order valence-electron chi connectivity index (χ0n) is 11.3. The zero-order chi connectivity index (χ0) is 13.9. The first-order valence-electron chi connectivity index (χ1n) is 6.37. The minimum atomic E-state index is 0.592. The van der Waals surface area contributed by atoms with E-state index in [1.165, 1.54) is 11.8 Å². The summed E-state index contributed by atoms with van der Waals surface area (Å²) in [6.07, 6.45) is 0.788. The highest BCUT2D eigenvalue weighted by Crippen LogP contribution is 2.29. The van der Waals surface area contributed by atoms with E-state index < -0.39 is 0 Å². The van der Waals surface area contributed by atoms with E-state index in [0.717, 1.165) is 34.2 Å². The minimum Gasteiger partial charge on any atom is -0.431 e. The van der Waals surface area contributed by atoms with Crippen LogP contribution in [0.25, 0.3) is 11.1 Å². The van der Waals surface area contributed by atoms with Gasteiger partial charge in [-0.3, -0.25) is 0 Å². The fourth-order valence-corrected chi connectivity index (χ4v) is 2.57. The van der Waals surface area contributed by atoms with Gasteiger partial charge in [0.25, 0.3) is 5.22 Å². The average molecular weight is 286 g/mol. The van der Waals surface area contributed by atoms with Gasteiger partial charge in [0.15, 0.2) is 5.58 Å². The van der Waals surface area contributed by atoms with Gasteiger partial charge >= 0.3 is 0 Å². The molecule has 2 aromatic heterocycles. The van der Waals surface area contributed by atoms with Crippen molar-refractivity contribution >= 4 is 28.7 Å². The summed E-state index contributed by atoms with van der Waals surface area (Å²) in [6.45, 7) is 2.03. The maximum atomic E-state index is 5.69. The van der Waals surface area contributed by atoms with Crippen molar-refractivity contribution in [3.63, 3.8) is 0 Å². The molecule has 0 unspecified atom stereocenters. The fraction of sp³-hybridized carbons (Fsp3) is 0.214. The third kappa shape index (κ3) is 2.60. The molecule has 0 atom stereocenters. The molecule has 0 spiro atoms. The van der Waals surface area contributed by atoms with E-state index in [9.17, 15) is 0 Å². The highest BCUT2D eigenvalue weighted by molar-refractivity contribution is 7.99. The maximum absolute atomic E-state index is 5.69. The monoisotopic (exact) mass is 286 g/mol. The van der Waals surface area contributed by atoms with E-state index in [2.05, 4.69) is 20.3 Å². The molecule has 0 aliphatic heterocycles. The summed E-state index contributed by atoms with van der Waals surface area (Å²) in [5, 5.41) is 4.46. The van der Waals surface area contributed by atoms with Crippen molar-refractivity contribution in [3.05, 3.63) is 36.2 Å². The molecule has 1 aromatic carbocycles. The second-order valence-electron chi connectivity index (χ2n) is 4.16. The normalized spacial score (nSPS) is 10.9. The lowest BCUT2D eigenvalue weighted by molar-refractivity contribution is 0.489. The van der Waals surface area contributed by atoms with Crippen LogP contribution in [0.15, 0.2) is 45.0 Å². The van der Waals surface area contributed by atoms with Gasteiger partial charge in [0.1, 0.15) is 22.2 Å². The van der Waals surface area contributed by atoms with Crippen LogP contribution in [0.5, 0.6) is 0 Å². The Morgan fingerprint density at radius 2 is 2.05 bits per heavy atom. The number of oxazole rings is 1. The first kappa shape index (κ1) is 12.9. The molecule has 2 heterocycles. The van der Waals surface area contributed by atoms with Crippen LogP contribution in [0.3, 0.4) is 0 Å². The lowest BCUT2D eigenvalue weighted by atomic mass is 10.3. The van der Waals surface area contributed by atoms with E-state index in [4.69, 9.17) is 4.42 Å². The summed E-state index contributed by atoms with van der Waals surface area (Å²) in [5.41, 5.74) is 1.64. The van der Waals surface area contributed by atoms with Gasteiger partial charge in [-0.1, -0.05) is 19.1 Å². The van der Waals surface area contributed by atoms with Crippen molar-refractivity contribution < 1.29 is 4.42 Å². The Kier molecular flexibility index (Phi) is 3.56. The first-order valence-corrected chi connectivity index (χ1v) is 7.19. The Morgan fingerprint density at radius 1 is 1.20 bits per heavy atom. The number of hydrogen-bond donors (Lipinski definition) is 1. The van der Waals surface area contributed by atoms with E-state index >= 15 is 0 Å². The largest absolute Gasteiger partial charge is 0.431 e. The molecule has 0 bridgehead atoms. The van der Waals surface area contributed by atoms with Crippen molar-refractivity contribution in [3.8, 4) is 0 Å². The number of nitrogens with one attached hydrogen (secondary N) is 1. The van der Waals surface area contributed by atoms with Crippen LogP contribution in [-0.4, -0.2) is 22.0 Å². The predicted molar refractivity (Wildman–Crippen MR) is 79.1 cm³/mol. The smallest absolute Gasteiger partial charge is 0.263 e. The van der Waals surface area contributed by atoms with E-state index in [0.29, 0.717) is 5.22 Å². The number of benzene rings is 1.